The standard InChI is InChI=1S/C21H26BrNO6S/c1-11-7-9-12(10-8-11)30(25,26)18-13(22)14-16-17(28-21(5,6)27-16)15(18)23(14)19(24)29-20(2,3)4/h7-10,14-17H,1-6H3/t14-,15-,16-,17+/m0/s1. The molecule has 0 aliphatic carbocycles. The molecule has 0 saturated carbocycles. The number of rotatable bonds is 2. The predicted molar refractivity (Wildman–Crippen MR) is 114 cm³/mol. The van der Waals surface area contributed by atoms with Crippen LogP contribution in [0.3, 0.4) is 0 Å². The molecule has 2 saturated heterocycles. The van der Waals surface area contributed by atoms with Crippen molar-refractivity contribution in [2.45, 2.75) is 82.1 Å². The van der Waals surface area contributed by atoms with Gasteiger partial charge in [-0.2, -0.15) is 0 Å². The molecule has 7 nitrogen and oxygen atoms in total. The Hall–Kier alpha value is -1.42. The van der Waals surface area contributed by atoms with E-state index in [9.17, 15) is 13.2 Å². The molecule has 0 N–H and O–H groups in total. The zero-order chi connectivity index (χ0) is 22.2. The number of hydrogen-bond donors (Lipinski definition) is 0. The second-order valence-electron chi connectivity index (χ2n) is 9.37. The summed E-state index contributed by atoms with van der Waals surface area (Å²) in [6, 6.07) is 5.19. The highest BCUT2D eigenvalue weighted by Crippen LogP contribution is 2.54. The Labute approximate surface area is 185 Å². The molecular weight excluding hydrogens is 474 g/mol. The van der Waals surface area contributed by atoms with Crippen LogP contribution in [0.4, 0.5) is 4.79 Å². The maximum Gasteiger partial charge on any atom is 0.411 e. The van der Waals surface area contributed by atoms with Gasteiger partial charge in [0.25, 0.3) is 0 Å². The zero-order valence-electron chi connectivity index (χ0n) is 17.8. The number of sulfone groups is 1. The Morgan fingerprint density at radius 1 is 1.10 bits per heavy atom. The van der Waals surface area contributed by atoms with Crippen molar-refractivity contribution in [3.8, 4) is 0 Å². The van der Waals surface area contributed by atoms with Crippen LogP contribution in [0.25, 0.3) is 0 Å². The van der Waals surface area contributed by atoms with Gasteiger partial charge >= 0.3 is 6.09 Å². The molecule has 0 spiro atoms. The molecule has 1 aromatic rings. The number of benzene rings is 1. The van der Waals surface area contributed by atoms with Crippen LogP contribution in [0.2, 0.25) is 0 Å². The molecule has 164 valence electrons. The highest BCUT2D eigenvalue weighted by Gasteiger charge is 2.67. The van der Waals surface area contributed by atoms with Gasteiger partial charge in [-0.15, -0.1) is 0 Å². The minimum atomic E-state index is -3.87. The van der Waals surface area contributed by atoms with Crippen molar-refractivity contribution in [3.63, 3.8) is 0 Å². The zero-order valence-corrected chi connectivity index (χ0v) is 20.2. The molecule has 1 aromatic carbocycles. The fraction of sp³-hybridized carbons (Fsp3) is 0.571. The third-order valence-electron chi connectivity index (χ3n) is 5.37. The summed E-state index contributed by atoms with van der Waals surface area (Å²) >= 11 is 3.49. The predicted octanol–water partition coefficient (Wildman–Crippen LogP) is 3.90. The molecule has 3 aliphatic rings. The van der Waals surface area contributed by atoms with Crippen LogP contribution in [0.1, 0.15) is 40.2 Å². The molecule has 3 aliphatic heterocycles. The quantitative estimate of drug-likeness (QED) is 0.613. The molecule has 2 fully saturated rings. The van der Waals surface area contributed by atoms with E-state index in [2.05, 4.69) is 15.9 Å². The number of halogens is 1. The average Bonchev–Trinajstić information content (AvgIpc) is 3.16. The Bertz CT molecular complexity index is 1020. The van der Waals surface area contributed by atoms with E-state index < -0.39 is 51.6 Å². The molecule has 4 atom stereocenters. The number of amides is 1. The first-order chi connectivity index (χ1) is 13.7. The number of carbonyl (C=O) groups is 1. The lowest BCUT2D eigenvalue weighted by molar-refractivity contribution is -0.160. The van der Waals surface area contributed by atoms with Crippen LogP contribution in [-0.2, 0) is 24.0 Å². The van der Waals surface area contributed by atoms with Gasteiger partial charge < -0.3 is 14.2 Å². The average molecular weight is 500 g/mol. The summed E-state index contributed by atoms with van der Waals surface area (Å²) in [6.07, 6.45) is -1.68. The SMILES string of the molecule is Cc1ccc(S(=O)(=O)C2=C(Br)[C@H]3[C@@H]4OC(C)(C)O[C@@H]4[C@@H]2N3C(=O)OC(C)(C)C)cc1. The van der Waals surface area contributed by atoms with Crippen LogP contribution < -0.4 is 0 Å². The Kier molecular flexibility index (Phi) is 4.93. The van der Waals surface area contributed by atoms with Crippen molar-refractivity contribution in [1.82, 2.24) is 4.90 Å². The number of nitrogens with zero attached hydrogens (tertiary/aromatic N) is 1. The van der Waals surface area contributed by atoms with Crippen LogP contribution in [0.15, 0.2) is 38.5 Å². The molecule has 9 heteroatoms. The van der Waals surface area contributed by atoms with Gasteiger partial charge in [0.2, 0.25) is 9.84 Å². The van der Waals surface area contributed by atoms with Crippen LogP contribution in [0.5, 0.6) is 0 Å². The summed E-state index contributed by atoms with van der Waals surface area (Å²) in [5, 5.41) is 0. The molecule has 2 bridgehead atoms. The van der Waals surface area contributed by atoms with Crippen molar-refractivity contribution < 1.29 is 27.4 Å². The van der Waals surface area contributed by atoms with Crippen LogP contribution in [0, 0.1) is 6.92 Å². The van der Waals surface area contributed by atoms with Gasteiger partial charge in [-0.25, -0.2) is 13.2 Å². The van der Waals surface area contributed by atoms with Crippen LogP contribution >= 0.6 is 15.9 Å². The third kappa shape index (κ3) is 3.39. The monoisotopic (exact) mass is 499 g/mol. The molecule has 1 amide bonds. The minimum absolute atomic E-state index is 0.129. The summed E-state index contributed by atoms with van der Waals surface area (Å²) < 4.78 is 45.3. The number of aryl methyl sites for hydroxylation is 1. The first-order valence-electron chi connectivity index (χ1n) is 9.81. The molecule has 0 aromatic heterocycles. The highest BCUT2D eigenvalue weighted by molar-refractivity contribution is 9.11. The summed E-state index contributed by atoms with van der Waals surface area (Å²) in [4.78, 5) is 14.8. The van der Waals surface area contributed by atoms with E-state index in [-0.39, 0.29) is 9.80 Å². The molecule has 0 unspecified atom stereocenters. The number of ether oxygens (including phenoxy) is 3. The highest BCUT2D eigenvalue weighted by atomic mass is 79.9. The van der Waals surface area contributed by atoms with Gasteiger partial charge in [-0.1, -0.05) is 33.6 Å². The maximum absolute atomic E-state index is 13.6. The first kappa shape index (κ1) is 21.8. The van der Waals surface area contributed by atoms with E-state index >= 15 is 0 Å². The van der Waals surface area contributed by atoms with Crippen molar-refractivity contribution in [1.29, 1.82) is 0 Å². The summed E-state index contributed by atoms with van der Waals surface area (Å²) in [5.74, 6) is -0.873. The van der Waals surface area contributed by atoms with Crippen molar-refractivity contribution >= 4 is 31.9 Å². The Balaban J connectivity index is 1.80. The smallest absolute Gasteiger partial charge is 0.411 e. The van der Waals surface area contributed by atoms with Gasteiger partial charge in [0.15, 0.2) is 5.79 Å². The van der Waals surface area contributed by atoms with Gasteiger partial charge in [-0.3, -0.25) is 4.90 Å². The minimum Gasteiger partial charge on any atom is -0.444 e. The van der Waals surface area contributed by atoms with E-state index in [0.717, 1.165) is 5.56 Å². The van der Waals surface area contributed by atoms with E-state index in [1.165, 1.54) is 4.90 Å². The number of hydrogen-bond acceptors (Lipinski definition) is 6. The van der Waals surface area contributed by atoms with E-state index in [0.29, 0.717) is 4.48 Å². The van der Waals surface area contributed by atoms with E-state index in [1.54, 1.807) is 58.9 Å². The van der Waals surface area contributed by atoms with Crippen molar-refractivity contribution in [2.75, 3.05) is 0 Å². The first-order valence-corrected chi connectivity index (χ1v) is 12.1. The van der Waals surface area contributed by atoms with Crippen LogP contribution in [-0.4, -0.2) is 55.1 Å². The van der Waals surface area contributed by atoms with E-state index in [1.807, 2.05) is 6.92 Å². The summed E-state index contributed by atoms with van der Waals surface area (Å²) in [6.45, 7) is 10.8. The topological polar surface area (TPSA) is 82.1 Å². The second-order valence-corrected chi connectivity index (χ2v) is 12.1. The second kappa shape index (κ2) is 6.79. The lowest BCUT2D eigenvalue weighted by Crippen LogP contribution is -2.45. The summed E-state index contributed by atoms with van der Waals surface area (Å²) in [5.41, 5.74) is 0.233. The lowest BCUT2D eigenvalue weighted by Gasteiger charge is -2.31. The third-order valence-corrected chi connectivity index (χ3v) is 8.47. The Morgan fingerprint density at radius 3 is 2.17 bits per heavy atom. The van der Waals surface area contributed by atoms with Gasteiger partial charge in [0.05, 0.1) is 15.8 Å². The molecule has 4 rings (SSSR count). The number of carbonyl (C=O) groups excluding carboxylic acids is 1. The maximum atomic E-state index is 13.6. The van der Waals surface area contributed by atoms with Crippen molar-refractivity contribution in [2.24, 2.45) is 0 Å². The Morgan fingerprint density at radius 2 is 1.63 bits per heavy atom. The molecule has 3 heterocycles. The molecular formula is C21H26BrNO6S. The van der Waals surface area contributed by atoms with Crippen molar-refractivity contribution in [3.05, 3.63) is 39.2 Å². The normalized spacial score (nSPS) is 30.0. The molecule has 30 heavy (non-hydrogen) atoms. The van der Waals surface area contributed by atoms with Gasteiger partial charge in [0.1, 0.15) is 23.9 Å². The van der Waals surface area contributed by atoms with E-state index in [4.69, 9.17) is 14.2 Å². The molecule has 0 radical (unpaired) electrons. The summed E-state index contributed by atoms with van der Waals surface area (Å²) in [7, 11) is -3.87. The van der Waals surface area contributed by atoms with Gasteiger partial charge in [0, 0.05) is 4.48 Å². The lowest BCUT2D eigenvalue weighted by atomic mass is 10.0. The van der Waals surface area contributed by atoms with Gasteiger partial charge in [-0.05, 0) is 53.7 Å². The fourth-order valence-corrected chi connectivity index (χ4v) is 7.34. The number of fused-ring (bicyclic) bond motifs is 5. The fourth-order valence-electron chi connectivity index (χ4n) is 4.30. The largest absolute Gasteiger partial charge is 0.444 e.